The van der Waals surface area contributed by atoms with E-state index >= 15 is 0 Å². The van der Waals surface area contributed by atoms with E-state index in [1.807, 2.05) is 6.07 Å². The highest BCUT2D eigenvalue weighted by Crippen LogP contribution is 2.44. The Morgan fingerprint density at radius 1 is 1.35 bits per heavy atom. The highest BCUT2D eigenvalue weighted by Gasteiger charge is 2.41. The Kier molecular flexibility index (Phi) is 2.58. The Hall–Kier alpha value is -1.44. The Balaban J connectivity index is 1.76. The van der Waals surface area contributed by atoms with Crippen LogP contribution in [0, 0.1) is 18.8 Å². The van der Waals surface area contributed by atoms with Crippen molar-refractivity contribution in [2.45, 2.75) is 25.8 Å². The monoisotopic (exact) mass is 229 g/mol. The molecule has 0 heterocycles. The van der Waals surface area contributed by atoms with Gasteiger partial charge in [-0.3, -0.25) is 0 Å². The summed E-state index contributed by atoms with van der Waals surface area (Å²) in [7, 11) is 1.73. The van der Waals surface area contributed by atoms with Gasteiger partial charge in [-0.15, -0.1) is 0 Å². The van der Waals surface area contributed by atoms with E-state index in [2.05, 4.69) is 36.5 Å². The topological polar surface area (TPSA) is 21.3 Å². The largest absolute Gasteiger partial charge is 0.495 e. The lowest BCUT2D eigenvalue weighted by Gasteiger charge is -2.41. The summed E-state index contributed by atoms with van der Waals surface area (Å²) in [5, 5.41) is 3.63. The van der Waals surface area contributed by atoms with E-state index in [-0.39, 0.29) is 0 Å². The average molecular weight is 229 g/mol. The summed E-state index contributed by atoms with van der Waals surface area (Å²) < 4.78 is 5.40. The van der Waals surface area contributed by atoms with E-state index in [4.69, 9.17) is 4.74 Å². The van der Waals surface area contributed by atoms with E-state index in [0.29, 0.717) is 6.04 Å². The zero-order valence-corrected chi connectivity index (χ0v) is 10.4. The van der Waals surface area contributed by atoms with Crippen molar-refractivity contribution in [1.29, 1.82) is 0 Å². The number of ether oxygens (including phenoxy) is 1. The highest BCUT2D eigenvalue weighted by atomic mass is 16.5. The fourth-order valence-corrected chi connectivity index (χ4v) is 3.02. The maximum Gasteiger partial charge on any atom is 0.141 e. The molecule has 0 spiro atoms. The number of aryl methyl sites for hydroxylation is 1. The van der Waals surface area contributed by atoms with Crippen LogP contribution < -0.4 is 10.1 Å². The van der Waals surface area contributed by atoms with Gasteiger partial charge in [-0.1, -0.05) is 18.2 Å². The van der Waals surface area contributed by atoms with E-state index in [1.165, 1.54) is 18.4 Å². The van der Waals surface area contributed by atoms with Gasteiger partial charge >= 0.3 is 0 Å². The lowest BCUT2D eigenvalue weighted by molar-refractivity contribution is 0.217. The first-order valence-electron chi connectivity index (χ1n) is 6.36. The number of hydrogen-bond acceptors (Lipinski definition) is 2. The maximum absolute atomic E-state index is 5.40. The van der Waals surface area contributed by atoms with Gasteiger partial charge in [0.15, 0.2) is 0 Å². The molecule has 0 amide bonds. The summed E-state index contributed by atoms with van der Waals surface area (Å²) in [4.78, 5) is 0. The van der Waals surface area contributed by atoms with Crippen molar-refractivity contribution in [1.82, 2.24) is 0 Å². The van der Waals surface area contributed by atoms with Gasteiger partial charge in [0, 0.05) is 12.0 Å². The zero-order chi connectivity index (χ0) is 11.8. The highest BCUT2D eigenvalue weighted by molar-refractivity contribution is 5.59. The van der Waals surface area contributed by atoms with Crippen LogP contribution in [0.1, 0.15) is 18.4 Å². The Morgan fingerprint density at radius 3 is 3.00 bits per heavy atom. The molecule has 1 aromatic rings. The molecule has 0 aromatic heterocycles. The standard InChI is InChI=1S/C15H19NO/c1-10-6-7-15(17-2)14(8-10)16-13-9-11-4-3-5-12(11)13/h3,5-8,11-13,16H,4,9H2,1-2H3. The summed E-state index contributed by atoms with van der Waals surface area (Å²) in [6, 6.07) is 6.89. The molecule has 0 aliphatic heterocycles. The Morgan fingerprint density at radius 2 is 2.24 bits per heavy atom. The molecule has 0 radical (unpaired) electrons. The molecule has 1 saturated carbocycles. The molecule has 2 aliphatic rings. The molecule has 90 valence electrons. The van der Waals surface area contributed by atoms with Crippen molar-refractivity contribution >= 4 is 5.69 Å². The van der Waals surface area contributed by atoms with Gasteiger partial charge in [0.05, 0.1) is 12.8 Å². The molecule has 3 unspecified atom stereocenters. The number of hydrogen-bond donors (Lipinski definition) is 1. The summed E-state index contributed by atoms with van der Waals surface area (Å²) in [5.41, 5.74) is 2.40. The fourth-order valence-electron chi connectivity index (χ4n) is 3.02. The number of benzene rings is 1. The lowest BCUT2D eigenvalue weighted by atomic mass is 9.71. The summed E-state index contributed by atoms with van der Waals surface area (Å²) in [6.45, 7) is 2.11. The third kappa shape index (κ3) is 1.82. The molecule has 1 aromatic carbocycles. The Bertz CT molecular complexity index is 452. The van der Waals surface area contributed by atoms with Crippen LogP contribution in [0.2, 0.25) is 0 Å². The second-order valence-electron chi connectivity index (χ2n) is 5.19. The zero-order valence-electron chi connectivity index (χ0n) is 10.4. The van der Waals surface area contributed by atoms with E-state index < -0.39 is 0 Å². The van der Waals surface area contributed by atoms with Gasteiger partial charge in [0.2, 0.25) is 0 Å². The van der Waals surface area contributed by atoms with Gasteiger partial charge in [-0.25, -0.2) is 0 Å². The number of anilines is 1. The van der Waals surface area contributed by atoms with Crippen LogP contribution in [0.25, 0.3) is 0 Å². The first kappa shape index (κ1) is 10.7. The van der Waals surface area contributed by atoms with E-state index in [1.54, 1.807) is 7.11 Å². The lowest BCUT2D eigenvalue weighted by Crippen LogP contribution is -2.43. The normalized spacial score (nSPS) is 29.6. The molecule has 2 heteroatoms. The third-order valence-corrected chi connectivity index (χ3v) is 4.06. The molecule has 2 aliphatic carbocycles. The Labute approximate surface area is 103 Å². The summed E-state index contributed by atoms with van der Waals surface area (Å²) in [5.74, 6) is 2.57. The minimum Gasteiger partial charge on any atom is -0.495 e. The summed E-state index contributed by atoms with van der Waals surface area (Å²) >= 11 is 0. The van der Waals surface area contributed by atoms with Crippen molar-refractivity contribution in [3.63, 3.8) is 0 Å². The van der Waals surface area contributed by atoms with Gasteiger partial charge in [-0.2, -0.15) is 0 Å². The molecule has 0 saturated heterocycles. The fraction of sp³-hybridized carbons (Fsp3) is 0.467. The van der Waals surface area contributed by atoms with E-state index in [0.717, 1.165) is 23.3 Å². The minimum absolute atomic E-state index is 0.592. The molecule has 2 nitrogen and oxygen atoms in total. The smallest absolute Gasteiger partial charge is 0.141 e. The number of methoxy groups -OCH3 is 1. The molecular weight excluding hydrogens is 210 g/mol. The molecule has 0 bridgehead atoms. The van der Waals surface area contributed by atoms with Crippen LogP contribution in [0.5, 0.6) is 5.75 Å². The van der Waals surface area contributed by atoms with Crippen molar-refractivity contribution < 1.29 is 4.74 Å². The molecule has 3 rings (SSSR count). The van der Waals surface area contributed by atoms with Crippen LogP contribution in [-0.2, 0) is 0 Å². The quantitative estimate of drug-likeness (QED) is 0.802. The van der Waals surface area contributed by atoms with Crippen molar-refractivity contribution in [3.8, 4) is 5.75 Å². The van der Waals surface area contributed by atoms with Crippen LogP contribution >= 0.6 is 0 Å². The van der Waals surface area contributed by atoms with E-state index in [9.17, 15) is 0 Å². The van der Waals surface area contributed by atoms with Crippen molar-refractivity contribution in [2.24, 2.45) is 11.8 Å². The van der Waals surface area contributed by atoms with Crippen LogP contribution in [-0.4, -0.2) is 13.2 Å². The summed E-state index contributed by atoms with van der Waals surface area (Å²) in [6.07, 6.45) is 7.25. The molecule has 3 atom stereocenters. The minimum atomic E-state index is 0.592. The van der Waals surface area contributed by atoms with Crippen LogP contribution in [0.15, 0.2) is 30.4 Å². The predicted molar refractivity (Wildman–Crippen MR) is 70.5 cm³/mol. The third-order valence-electron chi connectivity index (χ3n) is 4.06. The van der Waals surface area contributed by atoms with Gasteiger partial charge < -0.3 is 10.1 Å². The second kappa shape index (κ2) is 4.10. The molecular formula is C15H19NO. The second-order valence-corrected chi connectivity index (χ2v) is 5.19. The number of fused-ring (bicyclic) bond motifs is 1. The number of rotatable bonds is 3. The van der Waals surface area contributed by atoms with Crippen molar-refractivity contribution in [2.75, 3.05) is 12.4 Å². The van der Waals surface area contributed by atoms with Gasteiger partial charge in [0.25, 0.3) is 0 Å². The SMILES string of the molecule is COc1ccc(C)cc1NC1CC2CC=CC21. The van der Waals surface area contributed by atoms with Gasteiger partial charge in [0.1, 0.15) is 5.75 Å². The van der Waals surface area contributed by atoms with Crippen LogP contribution in [0.3, 0.4) is 0 Å². The average Bonchev–Trinajstić information content (AvgIpc) is 2.68. The predicted octanol–water partition coefficient (Wildman–Crippen LogP) is 3.38. The molecule has 17 heavy (non-hydrogen) atoms. The maximum atomic E-state index is 5.40. The van der Waals surface area contributed by atoms with Gasteiger partial charge in [-0.05, 0) is 43.4 Å². The molecule has 1 fully saturated rings. The number of nitrogens with one attached hydrogen (secondary N) is 1. The van der Waals surface area contributed by atoms with Crippen LogP contribution in [0.4, 0.5) is 5.69 Å². The first-order chi connectivity index (χ1) is 8.28. The van der Waals surface area contributed by atoms with Crippen molar-refractivity contribution in [3.05, 3.63) is 35.9 Å². The number of allylic oxidation sites excluding steroid dienone is 1. The molecule has 1 N–H and O–H groups in total. The first-order valence-corrected chi connectivity index (χ1v) is 6.36.